The fourth-order valence-electron chi connectivity index (χ4n) is 17.5. The molecular weight excluding hydrogens is 1860 g/mol. The number of carbonyl (C=O) groups is 4. The minimum atomic E-state index is -2.33. The Morgan fingerprint density at radius 1 is 0.723 bits per heavy atom. The summed E-state index contributed by atoms with van der Waals surface area (Å²) < 4.78 is 62.3. The number of carbonyl (C=O) groups excluding carboxylic acids is 4. The second kappa shape index (κ2) is 54.3. The summed E-state index contributed by atoms with van der Waals surface area (Å²) in [6, 6.07) is 24.2. The van der Waals surface area contributed by atoms with Crippen molar-refractivity contribution in [3.8, 4) is 16.9 Å². The van der Waals surface area contributed by atoms with Gasteiger partial charge in [-0.15, -0.1) is 35.8 Å². The van der Waals surface area contributed by atoms with Crippen molar-refractivity contribution in [2.75, 3.05) is 0 Å². The molecule has 0 radical (unpaired) electrons. The molecule has 4 aromatic carbocycles. The number of ketones is 2. The molecule has 3 aliphatic rings. The first kappa shape index (κ1) is 122. The monoisotopic (exact) mass is 2040 g/mol. The van der Waals surface area contributed by atoms with Crippen LogP contribution in [0.4, 0.5) is 14.5 Å². The van der Waals surface area contributed by atoms with Crippen molar-refractivity contribution in [1.29, 1.82) is 0 Å². The SMILES string of the molecule is C.C.C/C1=C/C[C@@H](/C(C)=C/c2csc(C)n2)OC(=O)C[C@H](O[Si](C)(C)C(C)(C)C)C(C)(C)C(=O)[C@H](C)[C@@H](C)[C@@H](C)CCC1.C=CC[C@H](OC(=O)C[C@H](O[Si](C)(C)C(C)(C)C)C(C)(C)C(=O)[C@H](C)[C@@H](C)[C@@H](C)CCCC(=C)C)/C(C)=C/c1csc(C)n1.Cc1c(F)cc2c(c1-c1c(O)c(F)cc3c1CCCC3)CCCC2.Cc1ccc(C)[n-]1.Cc1cccc(C)c1[N]=[Mo]=[CH]C(C)(C)c1ccccc1. The fraction of sp³-hybridized carbons (Fsp3) is 0.581. The number of benzene rings is 4. The van der Waals surface area contributed by atoms with E-state index < -0.39 is 75.6 Å². The number of phenols is 1. The Balaban J connectivity index is 0.000000383. The number of Topliss-reactive ketones (excluding diaryl/α,β-unsaturated/α-hetero) is 2. The summed E-state index contributed by atoms with van der Waals surface area (Å²) in [5, 5.41) is 16.4. The molecule has 10 rings (SSSR count). The molecule has 3 aromatic heterocycles. The van der Waals surface area contributed by atoms with Crippen molar-refractivity contribution in [1.82, 2.24) is 15.0 Å². The molecule has 7 aromatic rings. The molecule has 20 heteroatoms. The van der Waals surface area contributed by atoms with Crippen LogP contribution in [-0.4, -0.2) is 84.0 Å². The number of esters is 2. The Bertz CT molecular complexity index is 5190. The van der Waals surface area contributed by atoms with E-state index in [1.807, 2.05) is 111 Å². The summed E-state index contributed by atoms with van der Waals surface area (Å²) in [4.78, 5) is 68.9. The van der Waals surface area contributed by atoms with E-state index in [2.05, 4.69) is 231 Å². The molecule has 13 nitrogen and oxygen atoms in total. The molecular formula is C117H177F2MoN4O9S2Si2-. The number of hydrogen-bond acceptors (Lipinski definition) is 14. The number of aromatic nitrogens is 3. The Morgan fingerprint density at radius 3 is 1.77 bits per heavy atom. The number of cyclic esters (lactones) is 1. The summed E-state index contributed by atoms with van der Waals surface area (Å²) in [5.41, 5.74) is 17.8. The van der Waals surface area contributed by atoms with Gasteiger partial charge in [0.05, 0.1) is 46.5 Å². The third-order valence-corrected chi connectivity index (χ3v) is 42.4. The van der Waals surface area contributed by atoms with Crippen molar-refractivity contribution < 1.29 is 69.3 Å². The molecule has 0 saturated carbocycles. The van der Waals surface area contributed by atoms with Crippen molar-refractivity contribution in [2.24, 2.45) is 49.8 Å². The van der Waals surface area contributed by atoms with Gasteiger partial charge in [0.25, 0.3) is 0 Å². The molecule has 1 aliphatic heterocycles. The Morgan fingerprint density at radius 2 is 1.26 bits per heavy atom. The van der Waals surface area contributed by atoms with Gasteiger partial charge in [0.2, 0.25) is 0 Å². The van der Waals surface area contributed by atoms with Crippen molar-refractivity contribution in [3.05, 3.63) is 220 Å². The van der Waals surface area contributed by atoms with Gasteiger partial charge in [0, 0.05) is 51.8 Å². The Labute approximate surface area is 847 Å². The number of phenolic OH excluding ortho intramolecular Hbond substituents is 1. The van der Waals surface area contributed by atoms with Gasteiger partial charge >= 0.3 is 142 Å². The molecule has 760 valence electrons. The van der Waals surface area contributed by atoms with E-state index in [1.54, 1.807) is 41.7 Å². The maximum absolute atomic E-state index is 14.5. The topological polar surface area (TPSA) is 178 Å². The summed E-state index contributed by atoms with van der Waals surface area (Å²) in [5.74, 6) is -0.561. The zero-order valence-electron chi connectivity index (χ0n) is 88.9. The molecule has 0 fully saturated rings. The van der Waals surface area contributed by atoms with Crippen LogP contribution in [0, 0.1) is 106 Å². The van der Waals surface area contributed by atoms with Gasteiger partial charge in [-0.2, -0.15) is 11.4 Å². The first-order valence-corrected chi connectivity index (χ1v) is 59.1. The molecule has 137 heavy (non-hydrogen) atoms. The van der Waals surface area contributed by atoms with E-state index >= 15 is 0 Å². The van der Waals surface area contributed by atoms with Gasteiger partial charge in [-0.3, -0.25) is 19.2 Å². The number of aryl methyl sites for hydroxylation is 8. The second-order valence-electron chi connectivity index (χ2n) is 43.9. The van der Waals surface area contributed by atoms with E-state index in [-0.39, 0.29) is 102 Å². The van der Waals surface area contributed by atoms with Crippen LogP contribution in [0.25, 0.3) is 23.3 Å². The molecule has 0 amide bonds. The summed E-state index contributed by atoms with van der Waals surface area (Å²) in [6.45, 7) is 77.3. The first-order valence-electron chi connectivity index (χ1n) is 49.5. The van der Waals surface area contributed by atoms with E-state index in [1.165, 1.54) is 39.6 Å². The van der Waals surface area contributed by atoms with Crippen LogP contribution < -0.4 is 4.98 Å². The number of halogens is 2. The van der Waals surface area contributed by atoms with Crippen LogP contribution in [-0.2, 0) is 86.5 Å². The number of thiazole rings is 2. The number of allylic oxidation sites excluding steroid dienone is 2. The van der Waals surface area contributed by atoms with Crippen molar-refractivity contribution >= 4 is 85.1 Å². The number of nitrogens with zero attached hydrogens (tertiary/aromatic N) is 4. The van der Waals surface area contributed by atoms with Crippen molar-refractivity contribution in [2.45, 2.75) is 397 Å². The van der Waals surface area contributed by atoms with E-state index in [0.717, 1.165) is 162 Å². The summed E-state index contributed by atoms with van der Waals surface area (Å²) >= 11 is 2.70. The van der Waals surface area contributed by atoms with Crippen LogP contribution >= 0.6 is 22.7 Å². The Kier molecular flexibility index (Phi) is 48.4. The average Bonchev–Trinajstić information content (AvgIpc) is 0.766. The van der Waals surface area contributed by atoms with Crippen LogP contribution in [0.15, 0.2) is 135 Å². The van der Waals surface area contributed by atoms with E-state index in [9.17, 15) is 33.1 Å². The van der Waals surface area contributed by atoms with Crippen LogP contribution in [0.2, 0.25) is 36.3 Å². The predicted octanol–water partition coefficient (Wildman–Crippen LogP) is 32.9. The summed E-state index contributed by atoms with van der Waals surface area (Å²) in [7, 11) is -4.63. The third kappa shape index (κ3) is 35.7. The molecule has 4 heterocycles. The summed E-state index contributed by atoms with van der Waals surface area (Å²) in [6.07, 6.45) is 21.0. The van der Waals surface area contributed by atoms with Crippen LogP contribution in [0.3, 0.4) is 0 Å². The fourth-order valence-corrected chi connectivity index (χ4v) is 23.6. The minimum absolute atomic E-state index is 0. The van der Waals surface area contributed by atoms with Gasteiger partial charge in [-0.05, 0) is 254 Å². The molecule has 0 saturated heterocycles. The second-order valence-corrected chi connectivity index (χ2v) is 57.1. The molecule has 1 N–H and O–H groups in total. The third-order valence-electron chi connectivity index (χ3n) is 29.5. The van der Waals surface area contributed by atoms with Gasteiger partial charge in [0.15, 0.2) is 28.2 Å². The van der Waals surface area contributed by atoms with Gasteiger partial charge in [0.1, 0.15) is 29.6 Å². The quantitative estimate of drug-likeness (QED) is 0.0309. The van der Waals surface area contributed by atoms with E-state index in [0.29, 0.717) is 35.8 Å². The van der Waals surface area contributed by atoms with Gasteiger partial charge in [-0.25, -0.2) is 18.7 Å². The molecule has 0 spiro atoms. The molecule has 10 atom stereocenters. The van der Waals surface area contributed by atoms with Crippen molar-refractivity contribution in [3.63, 3.8) is 0 Å². The molecule has 0 bridgehead atoms. The number of rotatable bonds is 26. The number of fused-ring (bicyclic) bond motifs is 2. The Hall–Kier alpha value is -7.23. The predicted molar refractivity (Wildman–Crippen MR) is 580 cm³/mol. The maximum atomic E-state index is 14.5. The average molecular weight is 2040 g/mol. The number of hydrogen-bond donors (Lipinski definition) is 1. The van der Waals surface area contributed by atoms with Crippen LogP contribution in [0.5, 0.6) is 5.75 Å². The molecule has 0 unspecified atom stereocenters. The van der Waals surface area contributed by atoms with E-state index in [4.69, 9.17) is 21.8 Å². The van der Waals surface area contributed by atoms with Gasteiger partial charge in [-0.1, -0.05) is 188 Å². The first-order chi connectivity index (χ1) is 62.8. The zero-order chi connectivity index (χ0) is 101. The standard InChI is InChI=1S/C36H61NO4SSi.C34H57NO4SSi.C21H22F2O.C10H12.C8H9N.C6H8N.2CH4.Mo/c1-16-18-31(26(5)21-30-23-42-29(8)37-30)40-33(38)22-32(41-43(14,15)35(9,10)11)36(12,13)34(39)28(7)27(6)25(4)20-17-19-24(2)3;1-22-15-14-16-23(2)25(4)26(5)32(37)34(10,11)30(39-41(12,13)33(7,8)9)20-31(36)38-29(18-17-22)24(3)19-28-21-40-27(6)35-28;1-12-17(22)10-13-6-2-4-8-15(13)19(12)20-16-9-5-3-7-14(16)11-18(23)21(20)24;1-10(2,3)9-7-5-4-6-8-9;1-6-4-3-5-7(2)8(6)9;1-5-3-4-6(2)7-5;;;/h16,21,23,25,27-28,31-32H,1-2,17-20,22H2,3-15H3;17,19,21,23,25-26,29-30H,14-16,18,20H2,1-13H3;10-11,24H,2-9H2,1H3;1,4-8H,2-3H3;3-5H,1-2H3;3-4H,1-2H3;2*1H4;/q;;;;;-1;;;/b26-21+;22-17-,24-19+;;;;;;;/t25-,27-,28+,31-,32-;23-,25-,26+,29-,30-;;;;;;;/m00......./s1. The normalized spacial score (nSPS) is 19.1. The molecule has 2 aliphatic carbocycles. The number of ether oxygens (including phenoxy) is 2. The van der Waals surface area contributed by atoms with Crippen LogP contribution in [0.1, 0.15) is 334 Å². The van der Waals surface area contributed by atoms with Gasteiger partial charge < -0.3 is 28.4 Å². The number of aromatic hydroxyl groups is 1. The zero-order valence-corrected chi connectivity index (χ0v) is 94.5.